The molecule has 0 unspecified atom stereocenters. The lowest BCUT2D eigenvalue weighted by Crippen LogP contribution is -2.40. The Morgan fingerprint density at radius 2 is 1.57 bits per heavy atom. The van der Waals surface area contributed by atoms with E-state index in [1.54, 1.807) is 12.1 Å². The molecular weight excluding hydrogens is 418 g/mol. The van der Waals surface area contributed by atoms with Crippen molar-refractivity contribution in [3.63, 3.8) is 0 Å². The van der Waals surface area contributed by atoms with Gasteiger partial charge in [-0.1, -0.05) is 67.8 Å². The second-order valence-electron chi connectivity index (χ2n) is 8.17. The summed E-state index contributed by atoms with van der Waals surface area (Å²) in [4.78, 5) is 0.204. The second kappa shape index (κ2) is 8.65. The van der Waals surface area contributed by atoms with E-state index in [0.29, 0.717) is 5.92 Å². The van der Waals surface area contributed by atoms with E-state index in [4.69, 9.17) is 0 Å². The Hall–Kier alpha value is -1.96. The Kier molecular flexibility index (Phi) is 6.14. The van der Waals surface area contributed by atoms with Crippen molar-refractivity contribution in [2.24, 2.45) is 0 Å². The number of nitrogens with zero attached hydrogens (tertiary/aromatic N) is 1. The highest BCUT2D eigenvalue weighted by Gasteiger charge is 2.35. The zero-order chi connectivity index (χ0) is 21.2. The van der Waals surface area contributed by atoms with E-state index in [2.05, 4.69) is 0 Å². The molecule has 4 rings (SSSR count). The largest absolute Gasteiger partial charge is 0.243 e. The van der Waals surface area contributed by atoms with Crippen LogP contribution in [-0.2, 0) is 26.4 Å². The molecule has 2 aromatic rings. The summed E-state index contributed by atoms with van der Waals surface area (Å²) in [6.45, 7) is 0.123. The predicted octanol–water partition coefficient (Wildman–Crippen LogP) is 4.24. The Morgan fingerprint density at radius 3 is 2.17 bits per heavy atom. The van der Waals surface area contributed by atoms with Gasteiger partial charge in [-0.25, -0.2) is 16.8 Å². The van der Waals surface area contributed by atoms with E-state index < -0.39 is 25.9 Å². The molecule has 1 fully saturated rings. The average molecular weight is 446 g/mol. The van der Waals surface area contributed by atoms with Crippen LogP contribution in [0.3, 0.4) is 0 Å². The molecule has 2 aliphatic rings. The van der Waals surface area contributed by atoms with E-state index in [9.17, 15) is 16.8 Å². The van der Waals surface area contributed by atoms with Gasteiger partial charge in [0.2, 0.25) is 10.0 Å². The minimum Gasteiger partial charge on any atom is -0.224 e. The van der Waals surface area contributed by atoms with Gasteiger partial charge in [-0.3, -0.25) is 0 Å². The summed E-state index contributed by atoms with van der Waals surface area (Å²) >= 11 is 0. The molecule has 30 heavy (non-hydrogen) atoms. The molecule has 0 spiro atoms. The molecule has 1 aliphatic heterocycles. The maximum Gasteiger partial charge on any atom is 0.243 e. The molecule has 5 nitrogen and oxygen atoms in total. The van der Waals surface area contributed by atoms with Gasteiger partial charge in [-0.05, 0) is 42.0 Å². The Labute approximate surface area is 179 Å². The lowest BCUT2D eigenvalue weighted by Gasteiger charge is -2.27. The molecule has 0 saturated heterocycles. The monoisotopic (exact) mass is 445 g/mol. The number of hydrogen-bond acceptors (Lipinski definition) is 4. The molecule has 0 radical (unpaired) electrons. The Bertz CT molecular complexity index is 1100. The fourth-order valence-corrected chi connectivity index (χ4v) is 7.33. The van der Waals surface area contributed by atoms with Gasteiger partial charge in [0, 0.05) is 12.0 Å². The van der Waals surface area contributed by atoms with Gasteiger partial charge in [0.05, 0.1) is 16.7 Å². The molecule has 0 amide bonds. The molecule has 1 heterocycles. The molecule has 7 heteroatoms. The first-order chi connectivity index (χ1) is 14.4. The fraction of sp³-hybridized carbons (Fsp3) is 0.391. The molecule has 0 bridgehead atoms. The molecule has 1 aliphatic carbocycles. The smallest absolute Gasteiger partial charge is 0.224 e. The van der Waals surface area contributed by atoms with Gasteiger partial charge >= 0.3 is 0 Å². The SMILES string of the molecule is O=S1(=O)C=C[C@H](N(Cc2ccccc2)S(=O)(=O)c2ccc(C3CCCCC3)cc2)C1. The van der Waals surface area contributed by atoms with Gasteiger partial charge in [-0.2, -0.15) is 4.31 Å². The van der Waals surface area contributed by atoms with Crippen molar-refractivity contribution >= 4 is 19.9 Å². The van der Waals surface area contributed by atoms with Crippen LogP contribution in [0.1, 0.15) is 49.1 Å². The summed E-state index contributed by atoms with van der Waals surface area (Å²) in [5.41, 5.74) is 2.00. The first-order valence-corrected chi connectivity index (χ1v) is 13.6. The average Bonchev–Trinajstić information content (AvgIpc) is 3.12. The highest BCUT2D eigenvalue weighted by molar-refractivity contribution is 7.94. The van der Waals surface area contributed by atoms with Crippen LogP contribution in [0.2, 0.25) is 0 Å². The normalized spacial score (nSPS) is 21.8. The maximum atomic E-state index is 13.5. The molecule has 160 valence electrons. The van der Waals surface area contributed by atoms with Crippen molar-refractivity contribution in [2.45, 2.75) is 55.5 Å². The van der Waals surface area contributed by atoms with Gasteiger partial charge in [-0.15, -0.1) is 0 Å². The van der Waals surface area contributed by atoms with Gasteiger partial charge in [0.15, 0.2) is 9.84 Å². The predicted molar refractivity (Wildman–Crippen MR) is 118 cm³/mol. The number of sulfonamides is 1. The molecule has 1 atom stereocenters. The summed E-state index contributed by atoms with van der Waals surface area (Å²) in [6, 6.07) is 15.7. The topological polar surface area (TPSA) is 71.5 Å². The number of rotatable bonds is 6. The van der Waals surface area contributed by atoms with Gasteiger partial charge < -0.3 is 0 Å². The van der Waals surface area contributed by atoms with E-state index in [0.717, 1.165) is 23.8 Å². The lowest BCUT2D eigenvalue weighted by atomic mass is 9.84. The summed E-state index contributed by atoms with van der Waals surface area (Å²) in [6.07, 6.45) is 7.49. The summed E-state index contributed by atoms with van der Waals surface area (Å²) < 4.78 is 52.3. The highest BCUT2D eigenvalue weighted by Crippen LogP contribution is 2.33. The Balaban J connectivity index is 1.63. The van der Waals surface area contributed by atoms with Crippen molar-refractivity contribution in [1.82, 2.24) is 4.31 Å². The van der Waals surface area contributed by atoms with Crippen molar-refractivity contribution in [1.29, 1.82) is 0 Å². The molecule has 1 saturated carbocycles. The van der Waals surface area contributed by atoms with Crippen LogP contribution in [0.25, 0.3) is 0 Å². The molecule has 0 N–H and O–H groups in total. The quantitative estimate of drug-likeness (QED) is 0.667. The summed E-state index contributed by atoms with van der Waals surface area (Å²) in [5.74, 6) is 0.276. The zero-order valence-electron chi connectivity index (χ0n) is 16.9. The van der Waals surface area contributed by atoms with Crippen LogP contribution in [0.15, 0.2) is 71.0 Å². The minimum atomic E-state index is -3.86. The van der Waals surface area contributed by atoms with Crippen molar-refractivity contribution in [2.75, 3.05) is 5.75 Å². The van der Waals surface area contributed by atoms with Gasteiger partial charge in [0.25, 0.3) is 0 Å². The first kappa shape index (κ1) is 21.3. The summed E-state index contributed by atoms with van der Waals surface area (Å²) in [7, 11) is -7.25. The minimum absolute atomic E-state index is 0.123. The number of benzene rings is 2. The summed E-state index contributed by atoms with van der Waals surface area (Å²) in [5, 5.41) is 1.12. The fourth-order valence-electron chi connectivity index (χ4n) is 4.37. The third kappa shape index (κ3) is 4.68. The third-order valence-corrected chi connectivity index (χ3v) is 9.29. The van der Waals surface area contributed by atoms with Crippen molar-refractivity contribution in [3.8, 4) is 0 Å². The van der Waals surface area contributed by atoms with E-state index in [-0.39, 0.29) is 17.2 Å². The highest BCUT2D eigenvalue weighted by atomic mass is 32.2. The van der Waals surface area contributed by atoms with Crippen LogP contribution >= 0.6 is 0 Å². The van der Waals surface area contributed by atoms with Gasteiger partial charge in [0.1, 0.15) is 0 Å². The standard InChI is InChI=1S/C23H27NO4S2/c25-29(26)16-15-22(18-29)24(17-19-7-3-1-4-8-19)30(27,28)23-13-11-21(12-14-23)20-9-5-2-6-10-20/h1,3-4,7-8,11-16,20,22H,2,5-6,9-10,17-18H2/t22-/m0/s1. The lowest BCUT2D eigenvalue weighted by molar-refractivity contribution is 0.375. The van der Waals surface area contributed by atoms with Crippen LogP contribution in [-0.4, -0.2) is 32.9 Å². The molecule has 0 aromatic heterocycles. The van der Waals surface area contributed by atoms with Crippen molar-refractivity contribution in [3.05, 3.63) is 77.2 Å². The van der Waals surface area contributed by atoms with Crippen LogP contribution < -0.4 is 0 Å². The second-order valence-corrected chi connectivity index (χ2v) is 12.0. The van der Waals surface area contributed by atoms with E-state index >= 15 is 0 Å². The van der Waals surface area contributed by atoms with Crippen molar-refractivity contribution < 1.29 is 16.8 Å². The van der Waals surface area contributed by atoms with Crippen LogP contribution in [0.4, 0.5) is 0 Å². The third-order valence-electron chi connectivity index (χ3n) is 6.03. The number of hydrogen-bond donors (Lipinski definition) is 0. The number of sulfone groups is 1. The maximum absolute atomic E-state index is 13.5. The first-order valence-electron chi connectivity index (χ1n) is 10.4. The Morgan fingerprint density at radius 1 is 0.900 bits per heavy atom. The molecular formula is C23H27NO4S2. The van der Waals surface area contributed by atoms with E-state index in [1.165, 1.54) is 35.2 Å². The van der Waals surface area contributed by atoms with Crippen LogP contribution in [0, 0.1) is 0 Å². The van der Waals surface area contributed by atoms with E-state index in [1.807, 2.05) is 42.5 Å². The molecule has 2 aromatic carbocycles. The van der Waals surface area contributed by atoms with Crippen LogP contribution in [0.5, 0.6) is 0 Å². The zero-order valence-corrected chi connectivity index (χ0v) is 18.5.